The molecule has 176 valence electrons. The van der Waals surface area contributed by atoms with Gasteiger partial charge >= 0.3 is 0 Å². The Labute approximate surface area is 209 Å². The van der Waals surface area contributed by atoms with Crippen molar-refractivity contribution in [3.05, 3.63) is 71.3 Å². The van der Waals surface area contributed by atoms with Crippen molar-refractivity contribution in [1.29, 1.82) is 0 Å². The van der Waals surface area contributed by atoms with Crippen LogP contribution < -0.4 is 4.74 Å². The van der Waals surface area contributed by atoms with Gasteiger partial charge in [-0.3, -0.25) is 9.69 Å². The van der Waals surface area contributed by atoms with E-state index in [9.17, 15) is 4.79 Å². The topological polar surface area (TPSA) is 56.6 Å². The van der Waals surface area contributed by atoms with Crippen molar-refractivity contribution >= 4 is 40.3 Å². The molecule has 0 radical (unpaired) electrons. The van der Waals surface area contributed by atoms with Crippen molar-refractivity contribution < 1.29 is 14.3 Å². The lowest BCUT2D eigenvalue weighted by molar-refractivity contribution is -0.122. The summed E-state index contributed by atoms with van der Waals surface area (Å²) in [5.41, 5.74) is 3.48. The average molecular weight is 494 g/mol. The number of rotatable bonds is 10. The van der Waals surface area contributed by atoms with E-state index in [1.807, 2.05) is 71.6 Å². The Morgan fingerprint density at radius 3 is 2.71 bits per heavy atom. The minimum atomic E-state index is -0.0791. The number of aromatic nitrogens is 2. The second-order valence-electron chi connectivity index (χ2n) is 7.77. The van der Waals surface area contributed by atoms with Crippen molar-refractivity contribution in [2.75, 3.05) is 26.9 Å². The maximum absolute atomic E-state index is 13.1. The van der Waals surface area contributed by atoms with Gasteiger partial charge in [0, 0.05) is 37.6 Å². The second kappa shape index (κ2) is 11.5. The Morgan fingerprint density at radius 1 is 1.12 bits per heavy atom. The van der Waals surface area contributed by atoms with Crippen molar-refractivity contribution in [1.82, 2.24) is 14.7 Å². The molecular formula is C26H27N3O3S2. The summed E-state index contributed by atoms with van der Waals surface area (Å²) in [5.74, 6) is 0.716. The van der Waals surface area contributed by atoms with E-state index >= 15 is 0 Å². The average Bonchev–Trinajstić information content (AvgIpc) is 3.40. The van der Waals surface area contributed by atoms with Crippen LogP contribution >= 0.6 is 24.0 Å². The van der Waals surface area contributed by atoms with Crippen LogP contribution in [0.25, 0.3) is 23.0 Å². The lowest BCUT2D eigenvalue weighted by atomic mass is 10.1. The smallest absolute Gasteiger partial charge is 0.266 e. The van der Waals surface area contributed by atoms with Gasteiger partial charge in [-0.25, -0.2) is 4.68 Å². The number of amides is 1. The highest BCUT2D eigenvalue weighted by Crippen LogP contribution is 2.35. The summed E-state index contributed by atoms with van der Waals surface area (Å²) in [7, 11) is 1.65. The number of para-hydroxylation sites is 1. The summed E-state index contributed by atoms with van der Waals surface area (Å²) in [4.78, 5) is 15.3. The number of hydrogen-bond acceptors (Lipinski definition) is 6. The van der Waals surface area contributed by atoms with Gasteiger partial charge in [0.2, 0.25) is 0 Å². The molecule has 1 saturated heterocycles. The SMILES string of the molecule is CCCOc1cccc(-c2nn(-c3ccccc3)cc2C=C2SC(=S)N(CCCOC)C2=O)c1. The molecule has 0 spiro atoms. The summed E-state index contributed by atoms with van der Waals surface area (Å²) in [6, 6.07) is 17.8. The molecule has 8 heteroatoms. The molecule has 2 aromatic carbocycles. The third kappa shape index (κ3) is 5.58. The number of carbonyl (C=O) groups excluding carboxylic acids is 1. The zero-order chi connectivity index (χ0) is 23.9. The fourth-order valence-corrected chi connectivity index (χ4v) is 4.88. The van der Waals surface area contributed by atoms with Crippen LogP contribution in [0, 0.1) is 0 Å². The third-order valence-corrected chi connectivity index (χ3v) is 6.61. The van der Waals surface area contributed by atoms with Crippen molar-refractivity contribution in [3.8, 4) is 22.7 Å². The summed E-state index contributed by atoms with van der Waals surface area (Å²) in [6.45, 7) is 3.86. The van der Waals surface area contributed by atoms with Crippen LogP contribution in [0.1, 0.15) is 25.3 Å². The molecule has 1 aromatic heterocycles. The van der Waals surface area contributed by atoms with Gasteiger partial charge < -0.3 is 9.47 Å². The number of ether oxygens (including phenoxy) is 2. The number of thioether (sulfide) groups is 1. The van der Waals surface area contributed by atoms with Gasteiger partial charge in [-0.2, -0.15) is 5.10 Å². The number of benzene rings is 2. The molecule has 1 aliphatic heterocycles. The molecule has 0 N–H and O–H groups in total. The van der Waals surface area contributed by atoms with Gasteiger partial charge in [-0.15, -0.1) is 0 Å². The van der Waals surface area contributed by atoms with Crippen LogP contribution in [0.3, 0.4) is 0 Å². The van der Waals surface area contributed by atoms with Gasteiger partial charge in [0.15, 0.2) is 0 Å². The summed E-state index contributed by atoms with van der Waals surface area (Å²) in [5, 5.41) is 4.87. The van der Waals surface area contributed by atoms with Crippen molar-refractivity contribution in [2.24, 2.45) is 0 Å². The number of hydrogen-bond donors (Lipinski definition) is 0. The number of carbonyl (C=O) groups is 1. The molecule has 0 unspecified atom stereocenters. The quantitative estimate of drug-likeness (QED) is 0.209. The third-order valence-electron chi connectivity index (χ3n) is 5.23. The Bertz CT molecular complexity index is 1190. The number of thiocarbonyl (C=S) groups is 1. The molecule has 4 rings (SSSR count). The maximum Gasteiger partial charge on any atom is 0.266 e. The Balaban J connectivity index is 1.71. The van der Waals surface area contributed by atoms with E-state index < -0.39 is 0 Å². The predicted molar refractivity (Wildman–Crippen MR) is 141 cm³/mol. The van der Waals surface area contributed by atoms with E-state index in [0.29, 0.717) is 29.0 Å². The van der Waals surface area contributed by atoms with Crippen molar-refractivity contribution in [2.45, 2.75) is 19.8 Å². The fraction of sp³-hybridized carbons (Fsp3) is 0.269. The molecule has 1 fully saturated rings. The Morgan fingerprint density at radius 2 is 1.94 bits per heavy atom. The van der Waals surface area contributed by atoms with Gasteiger partial charge in [-0.1, -0.05) is 61.2 Å². The first-order valence-electron chi connectivity index (χ1n) is 11.2. The molecule has 34 heavy (non-hydrogen) atoms. The van der Waals surface area contributed by atoms with E-state index in [-0.39, 0.29) is 5.91 Å². The van der Waals surface area contributed by atoms with Crippen molar-refractivity contribution in [3.63, 3.8) is 0 Å². The Kier molecular flexibility index (Phi) is 8.16. The van der Waals surface area contributed by atoms with Crippen LogP contribution in [0.15, 0.2) is 65.7 Å². The highest BCUT2D eigenvalue weighted by molar-refractivity contribution is 8.26. The van der Waals surface area contributed by atoms with Crippen LogP contribution in [-0.4, -0.2) is 51.8 Å². The standard InChI is InChI=1S/C26H27N3O3S2/c1-3-14-32-22-12-7-9-19(16-22)24-20(18-29(27-24)21-10-5-4-6-11-21)17-23-25(30)28(26(33)34-23)13-8-15-31-2/h4-7,9-12,16-18H,3,8,13-15H2,1-2H3. The largest absolute Gasteiger partial charge is 0.494 e. The normalized spacial score (nSPS) is 14.9. The first-order valence-corrected chi connectivity index (χ1v) is 12.5. The Hall–Kier alpha value is -2.94. The van der Waals surface area contributed by atoms with Gasteiger partial charge in [0.05, 0.1) is 17.2 Å². The highest BCUT2D eigenvalue weighted by atomic mass is 32.2. The summed E-state index contributed by atoms with van der Waals surface area (Å²) >= 11 is 6.80. The molecule has 0 saturated carbocycles. The van der Waals surface area contributed by atoms with Gasteiger partial charge in [-0.05, 0) is 43.2 Å². The highest BCUT2D eigenvalue weighted by Gasteiger charge is 2.32. The van der Waals surface area contributed by atoms with E-state index in [4.69, 9.17) is 26.8 Å². The molecule has 1 amide bonds. The molecule has 0 aliphatic carbocycles. The lowest BCUT2D eigenvalue weighted by Gasteiger charge is -2.13. The van der Waals surface area contributed by atoms with E-state index in [1.54, 1.807) is 12.0 Å². The molecule has 0 bridgehead atoms. The van der Waals surface area contributed by atoms with E-state index in [2.05, 4.69) is 6.92 Å². The first-order chi connectivity index (χ1) is 16.6. The molecule has 2 heterocycles. The molecule has 1 aliphatic rings. The lowest BCUT2D eigenvalue weighted by Crippen LogP contribution is -2.29. The molecule has 0 atom stereocenters. The maximum atomic E-state index is 13.1. The molecule has 6 nitrogen and oxygen atoms in total. The van der Waals surface area contributed by atoms with E-state index in [0.717, 1.165) is 41.1 Å². The number of methoxy groups -OCH3 is 1. The first kappa shape index (κ1) is 24.2. The van der Waals surface area contributed by atoms with Crippen LogP contribution in [-0.2, 0) is 9.53 Å². The van der Waals surface area contributed by atoms with Gasteiger partial charge in [0.25, 0.3) is 5.91 Å². The summed E-state index contributed by atoms with van der Waals surface area (Å²) in [6.07, 6.45) is 5.50. The zero-order valence-corrected chi connectivity index (χ0v) is 20.9. The number of nitrogens with zero attached hydrogens (tertiary/aromatic N) is 3. The molecule has 3 aromatic rings. The van der Waals surface area contributed by atoms with Crippen LogP contribution in [0.4, 0.5) is 0 Å². The summed E-state index contributed by atoms with van der Waals surface area (Å²) < 4.78 is 13.3. The second-order valence-corrected chi connectivity index (χ2v) is 9.44. The van der Waals surface area contributed by atoms with Crippen LogP contribution in [0.2, 0.25) is 0 Å². The van der Waals surface area contributed by atoms with Gasteiger partial charge in [0.1, 0.15) is 15.8 Å². The van der Waals surface area contributed by atoms with E-state index in [1.165, 1.54) is 11.8 Å². The minimum absolute atomic E-state index is 0.0791. The van der Waals surface area contributed by atoms with Crippen LogP contribution in [0.5, 0.6) is 5.75 Å². The fourth-order valence-electron chi connectivity index (χ4n) is 3.58. The monoisotopic (exact) mass is 493 g/mol. The minimum Gasteiger partial charge on any atom is -0.494 e. The zero-order valence-electron chi connectivity index (χ0n) is 19.3. The predicted octanol–water partition coefficient (Wildman–Crippen LogP) is 5.57. The molecular weight excluding hydrogens is 466 g/mol.